The molecular formula is C13H11Cl2NO2. The number of pyridine rings is 1. The summed E-state index contributed by atoms with van der Waals surface area (Å²) in [4.78, 5) is 4.09. The largest absolute Gasteiger partial charge is 0.455 e. The molecule has 0 unspecified atom stereocenters. The maximum absolute atomic E-state index is 9.23. The van der Waals surface area contributed by atoms with Gasteiger partial charge in [-0.1, -0.05) is 23.2 Å². The van der Waals surface area contributed by atoms with Gasteiger partial charge < -0.3 is 9.84 Å². The van der Waals surface area contributed by atoms with Crippen molar-refractivity contribution < 1.29 is 9.84 Å². The molecule has 3 nitrogen and oxygen atoms in total. The van der Waals surface area contributed by atoms with Crippen molar-refractivity contribution in [2.75, 3.05) is 0 Å². The molecule has 0 fully saturated rings. The Labute approximate surface area is 115 Å². The number of halogens is 2. The van der Waals surface area contributed by atoms with Crippen molar-refractivity contribution in [2.24, 2.45) is 0 Å². The molecule has 5 heteroatoms. The van der Waals surface area contributed by atoms with Gasteiger partial charge in [-0.3, -0.25) is 4.98 Å². The lowest BCUT2D eigenvalue weighted by molar-refractivity contribution is 0.276. The van der Waals surface area contributed by atoms with E-state index in [1.54, 1.807) is 30.5 Å². The standard InChI is InChI=1S/C13H11Cl2NO2/c1-8-4-13(9(7-17)6-16-8)18-12-3-2-10(14)5-11(12)15/h2-6,17H,7H2,1H3. The van der Waals surface area contributed by atoms with Crippen LogP contribution in [-0.2, 0) is 6.61 Å². The predicted molar refractivity (Wildman–Crippen MR) is 71.4 cm³/mol. The maximum atomic E-state index is 9.23. The van der Waals surface area contributed by atoms with Gasteiger partial charge in [-0.05, 0) is 25.1 Å². The summed E-state index contributed by atoms with van der Waals surface area (Å²) < 4.78 is 5.68. The predicted octanol–water partition coefficient (Wildman–Crippen LogP) is 3.98. The van der Waals surface area contributed by atoms with Crippen LogP contribution in [0.1, 0.15) is 11.3 Å². The minimum atomic E-state index is -0.145. The van der Waals surface area contributed by atoms with Crippen molar-refractivity contribution in [3.63, 3.8) is 0 Å². The molecule has 0 spiro atoms. The minimum Gasteiger partial charge on any atom is -0.455 e. The van der Waals surface area contributed by atoms with E-state index in [2.05, 4.69) is 4.98 Å². The summed E-state index contributed by atoms with van der Waals surface area (Å²) in [7, 11) is 0. The first-order valence-corrected chi connectivity index (χ1v) is 6.05. The second kappa shape index (κ2) is 5.57. The number of nitrogens with zero attached hydrogens (tertiary/aromatic N) is 1. The fraction of sp³-hybridized carbons (Fsp3) is 0.154. The average Bonchev–Trinajstić information content (AvgIpc) is 2.33. The van der Waals surface area contributed by atoms with Gasteiger partial charge in [-0.2, -0.15) is 0 Å². The van der Waals surface area contributed by atoms with E-state index in [0.29, 0.717) is 27.1 Å². The zero-order chi connectivity index (χ0) is 13.1. The number of hydrogen-bond acceptors (Lipinski definition) is 3. The molecular weight excluding hydrogens is 273 g/mol. The van der Waals surface area contributed by atoms with Gasteiger partial charge in [-0.25, -0.2) is 0 Å². The molecule has 0 saturated carbocycles. The first-order chi connectivity index (χ1) is 8.60. The molecule has 1 aromatic heterocycles. The average molecular weight is 284 g/mol. The van der Waals surface area contributed by atoms with Gasteiger partial charge in [0.05, 0.1) is 11.6 Å². The van der Waals surface area contributed by atoms with E-state index < -0.39 is 0 Å². The SMILES string of the molecule is Cc1cc(Oc2ccc(Cl)cc2Cl)c(CO)cn1. The van der Waals surface area contributed by atoms with Gasteiger partial charge in [0, 0.05) is 28.5 Å². The number of aliphatic hydroxyl groups excluding tert-OH is 1. The third-order valence-electron chi connectivity index (χ3n) is 2.36. The van der Waals surface area contributed by atoms with E-state index in [9.17, 15) is 5.11 Å². The third-order valence-corrected chi connectivity index (χ3v) is 2.90. The number of benzene rings is 1. The van der Waals surface area contributed by atoms with Crippen LogP contribution in [0.25, 0.3) is 0 Å². The molecule has 2 rings (SSSR count). The summed E-state index contributed by atoms with van der Waals surface area (Å²) in [6.45, 7) is 1.70. The van der Waals surface area contributed by atoms with Crippen LogP contribution < -0.4 is 4.74 Å². The van der Waals surface area contributed by atoms with Crippen molar-refractivity contribution in [1.29, 1.82) is 0 Å². The van der Waals surface area contributed by atoms with Crippen LogP contribution in [0.4, 0.5) is 0 Å². The molecule has 1 N–H and O–H groups in total. The highest BCUT2D eigenvalue weighted by molar-refractivity contribution is 6.35. The monoisotopic (exact) mass is 283 g/mol. The molecule has 1 heterocycles. The van der Waals surface area contributed by atoms with Crippen LogP contribution >= 0.6 is 23.2 Å². The number of aliphatic hydroxyl groups is 1. The molecule has 0 saturated heterocycles. The molecule has 18 heavy (non-hydrogen) atoms. The van der Waals surface area contributed by atoms with Crippen molar-refractivity contribution in [3.05, 3.63) is 51.8 Å². The Bertz CT molecular complexity index is 573. The summed E-state index contributed by atoms with van der Waals surface area (Å²) in [6.07, 6.45) is 1.58. The Morgan fingerprint density at radius 2 is 2.00 bits per heavy atom. The normalized spacial score (nSPS) is 10.4. The summed E-state index contributed by atoms with van der Waals surface area (Å²) in [5.41, 5.74) is 1.40. The van der Waals surface area contributed by atoms with E-state index in [4.69, 9.17) is 27.9 Å². The lowest BCUT2D eigenvalue weighted by Gasteiger charge is -2.11. The highest BCUT2D eigenvalue weighted by atomic mass is 35.5. The Hall–Kier alpha value is -1.29. The zero-order valence-electron chi connectivity index (χ0n) is 9.65. The highest BCUT2D eigenvalue weighted by Crippen LogP contribution is 2.33. The van der Waals surface area contributed by atoms with E-state index >= 15 is 0 Å². The fourth-order valence-corrected chi connectivity index (χ4v) is 1.90. The van der Waals surface area contributed by atoms with Crippen molar-refractivity contribution >= 4 is 23.2 Å². The smallest absolute Gasteiger partial charge is 0.146 e. The Morgan fingerprint density at radius 3 is 2.67 bits per heavy atom. The van der Waals surface area contributed by atoms with E-state index in [1.165, 1.54) is 0 Å². The minimum absolute atomic E-state index is 0.145. The second-order valence-electron chi connectivity index (χ2n) is 3.77. The zero-order valence-corrected chi connectivity index (χ0v) is 11.2. The van der Waals surface area contributed by atoms with Crippen LogP contribution in [-0.4, -0.2) is 10.1 Å². The Kier molecular flexibility index (Phi) is 4.07. The maximum Gasteiger partial charge on any atom is 0.146 e. The van der Waals surface area contributed by atoms with Crippen LogP contribution in [0.5, 0.6) is 11.5 Å². The molecule has 0 radical (unpaired) electrons. The number of hydrogen-bond donors (Lipinski definition) is 1. The second-order valence-corrected chi connectivity index (χ2v) is 4.61. The van der Waals surface area contributed by atoms with E-state index in [-0.39, 0.29) is 6.61 Å². The van der Waals surface area contributed by atoms with E-state index in [0.717, 1.165) is 5.69 Å². The van der Waals surface area contributed by atoms with Crippen LogP contribution in [0.3, 0.4) is 0 Å². The molecule has 0 aliphatic rings. The molecule has 0 aliphatic carbocycles. The third kappa shape index (κ3) is 2.93. The van der Waals surface area contributed by atoms with Gasteiger partial charge in [-0.15, -0.1) is 0 Å². The van der Waals surface area contributed by atoms with Gasteiger partial charge in [0.15, 0.2) is 0 Å². The molecule has 2 aromatic rings. The van der Waals surface area contributed by atoms with Crippen molar-refractivity contribution in [1.82, 2.24) is 4.98 Å². The molecule has 1 aromatic carbocycles. The van der Waals surface area contributed by atoms with Crippen LogP contribution in [0.2, 0.25) is 10.0 Å². The molecule has 0 aliphatic heterocycles. The van der Waals surface area contributed by atoms with Crippen LogP contribution in [0.15, 0.2) is 30.5 Å². The number of rotatable bonds is 3. The highest BCUT2D eigenvalue weighted by Gasteiger charge is 2.08. The molecule has 94 valence electrons. The summed E-state index contributed by atoms with van der Waals surface area (Å²) >= 11 is 11.8. The quantitative estimate of drug-likeness (QED) is 0.926. The van der Waals surface area contributed by atoms with Crippen molar-refractivity contribution in [3.8, 4) is 11.5 Å². The Balaban J connectivity index is 2.36. The summed E-state index contributed by atoms with van der Waals surface area (Å²) in [5, 5.41) is 10.2. The number of aryl methyl sites for hydroxylation is 1. The Morgan fingerprint density at radius 1 is 1.22 bits per heavy atom. The lowest BCUT2D eigenvalue weighted by Crippen LogP contribution is -1.95. The van der Waals surface area contributed by atoms with E-state index in [1.807, 2.05) is 6.92 Å². The summed E-state index contributed by atoms with van der Waals surface area (Å²) in [5.74, 6) is 1.02. The first kappa shape index (κ1) is 13.1. The fourth-order valence-electron chi connectivity index (χ4n) is 1.45. The van der Waals surface area contributed by atoms with Gasteiger partial charge in [0.1, 0.15) is 11.5 Å². The first-order valence-electron chi connectivity index (χ1n) is 5.29. The van der Waals surface area contributed by atoms with Gasteiger partial charge >= 0.3 is 0 Å². The molecule has 0 atom stereocenters. The topological polar surface area (TPSA) is 42.4 Å². The van der Waals surface area contributed by atoms with Gasteiger partial charge in [0.2, 0.25) is 0 Å². The lowest BCUT2D eigenvalue weighted by atomic mass is 10.2. The van der Waals surface area contributed by atoms with Crippen molar-refractivity contribution in [2.45, 2.75) is 13.5 Å². The molecule has 0 amide bonds. The van der Waals surface area contributed by atoms with Gasteiger partial charge in [0.25, 0.3) is 0 Å². The number of aromatic nitrogens is 1. The number of ether oxygens (including phenoxy) is 1. The van der Waals surface area contributed by atoms with Crippen LogP contribution in [0, 0.1) is 6.92 Å². The summed E-state index contributed by atoms with van der Waals surface area (Å²) in [6, 6.07) is 6.72. The molecule has 0 bridgehead atoms.